The Labute approximate surface area is 141 Å². The minimum Gasteiger partial charge on any atom is -0.496 e. The lowest BCUT2D eigenvalue weighted by atomic mass is 9.98. The van der Waals surface area contributed by atoms with Crippen LogP contribution < -0.4 is 4.74 Å². The molecule has 0 aliphatic carbocycles. The van der Waals surface area contributed by atoms with Crippen LogP contribution >= 0.6 is 0 Å². The second-order valence-electron chi connectivity index (χ2n) is 5.97. The van der Waals surface area contributed by atoms with Crippen LogP contribution in [0.1, 0.15) is 44.3 Å². The minimum atomic E-state index is -0.108. The maximum absolute atomic E-state index is 13.0. The molecule has 0 aromatic heterocycles. The van der Waals surface area contributed by atoms with Crippen molar-refractivity contribution in [2.24, 2.45) is 0 Å². The van der Waals surface area contributed by atoms with Gasteiger partial charge in [0.1, 0.15) is 5.75 Å². The summed E-state index contributed by atoms with van der Waals surface area (Å²) in [5, 5.41) is 0. The Morgan fingerprint density at radius 1 is 1.17 bits per heavy atom. The summed E-state index contributed by atoms with van der Waals surface area (Å²) >= 11 is 0. The van der Waals surface area contributed by atoms with Crippen molar-refractivity contribution in [1.82, 2.24) is 4.90 Å². The van der Waals surface area contributed by atoms with E-state index in [1.165, 1.54) is 7.11 Å². The van der Waals surface area contributed by atoms with Crippen molar-refractivity contribution in [3.63, 3.8) is 0 Å². The third-order valence-corrected chi connectivity index (χ3v) is 4.32. The number of hydrogen-bond acceptors (Lipinski definition) is 3. The quantitative estimate of drug-likeness (QED) is 0.807. The molecule has 24 heavy (non-hydrogen) atoms. The number of rotatable bonds is 4. The number of aldehydes is 1. The third kappa shape index (κ3) is 2.71. The second-order valence-corrected chi connectivity index (χ2v) is 5.97. The van der Waals surface area contributed by atoms with E-state index >= 15 is 0 Å². The van der Waals surface area contributed by atoms with Gasteiger partial charge in [0, 0.05) is 18.7 Å². The summed E-state index contributed by atoms with van der Waals surface area (Å²) in [6.07, 6.45) is 0.756. The smallest absolute Gasteiger partial charge is 0.258 e. The summed E-state index contributed by atoms with van der Waals surface area (Å²) in [6.45, 7) is 6.87. The topological polar surface area (TPSA) is 46.6 Å². The van der Waals surface area contributed by atoms with Crippen LogP contribution in [0.4, 0.5) is 0 Å². The van der Waals surface area contributed by atoms with Crippen molar-refractivity contribution in [1.29, 1.82) is 0 Å². The van der Waals surface area contributed by atoms with Crippen molar-refractivity contribution in [3.8, 4) is 5.75 Å². The molecule has 0 saturated heterocycles. The number of hydrogen-bond donors (Lipinski definition) is 0. The highest BCUT2D eigenvalue weighted by molar-refractivity contribution is 6.00. The van der Waals surface area contributed by atoms with Crippen LogP contribution in [0.3, 0.4) is 0 Å². The molecule has 0 spiro atoms. The predicted molar refractivity (Wildman–Crippen MR) is 93.1 cm³/mol. The first-order valence-corrected chi connectivity index (χ1v) is 7.74. The lowest BCUT2D eigenvalue weighted by Crippen LogP contribution is -2.26. The van der Waals surface area contributed by atoms with E-state index in [0.717, 1.165) is 23.0 Å². The first-order valence-electron chi connectivity index (χ1n) is 7.74. The summed E-state index contributed by atoms with van der Waals surface area (Å²) in [7, 11) is 1.50. The fourth-order valence-corrected chi connectivity index (χ4v) is 3.05. The molecule has 4 nitrogen and oxygen atoms in total. The van der Waals surface area contributed by atoms with E-state index in [-0.39, 0.29) is 5.91 Å². The van der Waals surface area contributed by atoms with Crippen LogP contribution in [0.15, 0.2) is 43.0 Å². The van der Waals surface area contributed by atoms with Gasteiger partial charge >= 0.3 is 0 Å². The van der Waals surface area contributed by atoms with E-state index in [1.54, 1.807) is 17.0 Å². The molecule has 2 aromatic rings. The van der Waals surface area contributed by atoms with Crippen LogP contribution in [-0.4, -0.2) is 24.2 Å². The van der Waals surface area contributed by atoms with E-state index in [1.807, 2.05) is 31.2 Å². The first kappa shape index (κ1) is 16.0. The molecule has 2 aromatic carbocycles. The lowest BCUT2D eigenvalue weighted by molar-refractivity contribution is 0.0747. The van der Waals surface area contributed by atoms with Crippen molar-refractivity contribution < 1.29 is 14.3 Å². The zero-order chi connectivity index (χ0) is 17.3. The van der Waals surface area contributed by atoms with E-state index in [2.05, 4.69) is 6.58 Å². The molecule has 1 aliphatic rings. The van der Waals surface area contributed by atoms with Crippen molar-refractivity contribution >= 4 is 17.8 Å². The fourth-order valence-electron chi connectivity index (χ4n) is 3.05. The Bertz CT molecular complexity index is 814. The molecular formula is C20H19NO3. The van der Waals surface area contributed by atoms with E-state index in [9.17, 15) is 9.59 Å². The first-order chi connectivity index (χ1) is 11.5. The molecule has 122 valence electrons. The van der Waals surface area contributed by atoms with Gasteiger partial charge in [-0.1, -0.05) is 36.4 Å². The number of benzene rings is 2. The van der Waals surface area contributed by atoms with Gasteiger partial charge in [-0.2, -0.15) is 0 Å². The fraction of sp³-hybridized carbons (Fsp3) is 0.200. The van der Waals surface area contributed by atoms with Crippen LogP contribution in [0.2, 0.25) is 0 Å². The highest BCUT2D eigenvalue weighted by atomic mass is 16.5. The number of amides is 1. The number of ether oxygens (including phenoxy) is 1. The van der Waals surface area contributed by atoms with Gasteiger partial charge in [0.05, 0.1) is 12.7 Å². The number of fused-ring (bicyclic) bond motifs is 1. The number of allylic oxidation sites excluding steroid dienone is 1. The molecule has 1 aliphatic heterocycles. The summed E-state index contributed by atoms with van der Waals surface area (Å²) < 4.78 is 5.34. The molecule has 0 N–H and O–H groups in total. The molecule has 0 unspecified atom stereocenters. The van der Waals surface area contributed by atoms with E-state index in [4.69, 9.17) is 4.74 Å². The Morgan fingerprint density at radius 3 is 2.29 bits per heavy atom. The molecular weight excluding hydrogens is 302 g/mol. The van der Waals surface area contributed by atoms with Crippen LogP contribution in [0.25, 0.3) is 5.57 Å². The molecule has 0 saturated carbocycles. The summed E-state index contributed by atoms with van der Waals surface area (Å²) in [4.78, 5) is 26.1. The molecule has 0 bridgehead atoms. The molecule has 3 rings (SSSR count). The molecule has 0 fully saturated rings. The van der Waals surface area contributed by atoms with Crippen LogP contribution in [0.5, 0.6) is 5.75 Å². The number of carbonyl (C=O) groups excluding carboxylic acids is 2. The number of carbonyl (C=O) groups is 2. The molecule has 0 radical (unpaired) electrons. The van der Waals surface area contributed by atoms with Gasteiger partial charge in [0.2, 0.25) is 0 Å². The van der Waals surface area contributed by atoms with Crippen molar-refractivity contribution in [2.75, 3.05) is 7.11 Å². The van der Waals surface area contributed by atoms with Gasteiger partial charge < -0.3 is 9.64 Å². The maximum atomic E-state index is 13.0. The van der Waals surface area contributed by atoms with Gasteiger partial charge in [-0.25, -0.2) is 0 Å². The molecule has 0 atom stereocenters. The van der Waals surface area contributed by atoms with E-state index in [0.29, 0.717) is 35.5 Å². The zero-order valence-corrected chi connectivity index (χ0v) is 13.8. The van der Waals surface area contributed by atoms with Gasteiger partial charge in [-0.3, -0.25) is 9.59 Å². The highest BCUT2D eigenvalue weighted by Crippen LogP contribution is 2.30. The van der Waals surface area contributed by atoms with Crippen molar-refractivity contribution in [3.05, 3.63) is 70.8 Å². The number of methoxy groups -OCH3 is 1. The van der Waals surface area contributed by atoms with Gasteiger partial charge in [-0.05, 0) is 35.7 Å². The average Bonchev–Trinajstić information content (AvgIpc) is 3.03. The van der Waals surface area contributed by atoms with Gasteiger partial charge in [-0.15, -0.1) is 0 Å². The van der Waals surface area contributed by atoms with Crippen LogP contribution in [-0.2, 0) is 13.1 Å². The van der Waals surface area contributed by atoms with Gasteiger partial charge in [0.15, 0.2) is 6.29 Å². The summed E-state index contributed by atoms with van der Waals surface area (Å²) in [5.41, 5.74) is 4.66. The average molecular weight is 321 g/mol. The van der Waals surface area contributed by atoms with Crippen molar-refractivity contribution in [2.45, 2.75) is 20.0 Å². The Morgan fingerprint density at radius 2 is 1.79 bits per heavy atom. The van der Waals surface area contributed by atoms with Crippen LogP contribution in [0, 0.1) is 0 Å². The standard InChI is InChI=1S/C20H19NO3/c1-13(2)17-9-18(19(24-3)8-16(17)12-22)20(23)21-10-14-6-4-5-7-15(14)11-21/h4-9,12H,1,10-11H2,2-3H3. The Balaban J connectivity index is 2.00. The van der Waals surface area contributed by atoms with E-state index < -0.39 is 0 Å². The second kappa shape index (κ2) is 6.32. The normalized spacial score (nSPS) is 12.7. The summed E-state index contributed by atoms with van der Waals surface area (Å²) in [6, 6.07) is 11.3. The molecule has 1 heterocycles. The Kier molecular flexibility index (Phi) is 4.21. The lowest BCUT2D eigenvalue weighted by Gasteiger charge is -2.19. The molecule has 4 heteroatoms. The zero-order valence-electron chi connectivity index (χ0n) is 13.8. The largest absolute Gasteiger partial charge is 0.496 e. The predicted octanol–water partition coefficient (Wildman–Crippen LogP) is 3.70. The highest BCUT2D eigenvalue weighted by Gasteiger charge is 2.27. The van der Waals surface area contributed by atoms with Gasteiger partial charge in [0.25, 0.3) is 5.91 Å². The third-order valence-electron chi connectivity index (χ3n) is 4.32. The summed E-state index contributed by atoms with van der Waals surface area (Å²) in [5.74, 6) is 0.297. The monoisotopic (exact) mass is 321 g/mol. The maximum Gasteiger partial charge on any atom is 0.258 e. The molecule has 1 amide bonds. The number of nitrogens with zero attached hydrogens (tertiary/aromatic N) is 1. The SMILES string of the molecule is C=C(C)c1cc(C(=O)N2Cc3ccccc3C2)c(OC)cc1C=O. The minimum absolute atomic E-state index is 0.108. The Hall–Kier alpha value is -2.88.